The first-order chi connectivity index (χ1) is 9.07. The zero-order valence-corrected chi connectivity index (χ0v) is 12.2. The van der Waals surface area contributed by atoms with Crippen LogP contribution < -0.4 is 10.6 Å². The predicted octanol–water partition coefficient (Wildman–Crippen LogP) is 1.96. The molecule has 3 nitrogen and oxygen atoms in total. The van der Waals surface area contributed by atoms with Crippen LogP contribution in [0.1, 0.15) is 29.5 Å². The van der Waals surface area contributed by atoms with Crippen LogP contribution in [-0.4, -0.2) is 26.0 Å². The third-order valence-electron chi connectivity index (χ3n) is 4.12. The monoisotopic (exact) mass is 260 g/mol. The van der Waals surface area contributed by atoms with Crippen molar-refractivity contribution in [2.75, 3.05) is 20.1 Å². The Morgan fingerprint density at radius 3 is 2.58 bits per heavy atom. The van der Waals surface area contributed by atoms with Crippen LogP contribution in [0.5, 0.6) is 0 Å². The minimum Gasteiger partial charge on any atom is -0.355 e. The lowest BCUT2D eigenvalue weighted by Gasteiger charge is -2.14. The van der Waals surface area contributed by atoms with Gasteiger partial charge in [-0.3, -0.25) is 4.79 Å². The van der Waals surface area contributed by atoms with Gasteiger partial charge in [0.05, 0.1) is 5.41 Å². The summed E-state index contributed by atoms with van der Waals surface area (Å²) in [6.07, 6.45) is 2.94. The number of benzene rings is 1. The van der Waals surface area contributed by atoms with Crippen molar-refractivity contribution in [1.82, 2.24) is 10.6 Å². The van der Waals surface area contributed by atoms with Crippen LogP contribution in [0.15, 0.2) is 18.2 Å². The highest BCUT2D eigenvalue weighted by Gasteiger charge is 2.48. The Bertz CT molecular complexity index is 464. The zero-order valence-electron chi connectivity index (χ0n) is 12.2. The summed E-state index contributed by atoms with van der Waals surface area (Å²) in [5, 5.41) is 6.19. The van der Waals surface area contributed by atoms with E-state index in [2.05, 4.69) is 42.7 Å². The van der Waals surface area contributed by atoms with E-state index in [-0.39, 0.29) is 11.3 Å². The number of carbonyl (C=O) groups excluding carboxylic acids is 1. The van der Waals surface area contributed by atoms with Crippen molar-refractivity contribution in [2.24, 2.45) is 5.41 Å². The Hall–Kier alpha value is -1.35. The smallest absolute Gasteiger partial charge is 0.227 e. The molecule has 1 aliphatic rings. The Labute approximate surface area is 115 Å². The first-order valence-corrected chi connectivity index (χ1v) is 7.06. The molecule has 2 rings (SSSR count). The molecule has 0 spiro atoms. The second-order valence-electron chi connectivity index (χ2n) is 5.74. The van der Waals surface area contributed by atoms with Gasteiger partial charge in [0.1, 0.15) is 0 Å². The fourth-order valence-electron chi connectivity index (χ4n) is 2.44. The van der Waals surface area contributed by atoms with Gasteiger partial charge in [-0.05, 0) is 56.8 Å². The minimum absolute atomic E-state index is 0.113. The summed E-state index contributed by atoms with van der Waals surface area (Å²) in [6.45, 7) is 5.77. The molecule has 3 heteroatoms. The summed E-state index contributed by atoms with van der Waals surface area (Å²) in [5.74, 6) is 0.214. The lowest BCUT2D eigenvalue weighted by atomic mass is 10.0. The Morgan fingerprint density at radius 1 is 1.26 bits per heavy atom. The second-order valence-corrected chi connectivity index (χ2v) is 5.74. The number of amides is 1. The minimum atomic E-state index is -0.113. The second kappa shape index (κ2) is 5.74. The standard InChI is InChI=1S/C16H24N2O/c1-12-4-5-14(10-13(12)2)6-9-18-15(19)16(7-8-16)11-17-3/h4-5,10,17H,6-9,11H2,1-3H3,(H,18,19). The highest BCUT2D eigenvalue weighted by atomic mass is 16.2. The molecular formula is C16H24N2O. The van der Waals surface area contributed by atoms with Gasteiger partial charge in [0.2, 0.25) is 5.91 Å². The first-order valence-electron chi connectivity index (χ1n) is 7.06. The Kier molecular flexibility index (Phi) is 4.25. The summed E-state index contributed by atoms with van der Waals surface area (Å²) in [7, 11) is 1.91. The summed E-state index contributed by atoms with van der Waals surface area (Å²) < 4.78 is 0. The average molecular weight is 260 g/mol. The number of aryl methyl sites for hydroxylation is 2. The Morgan fingerprint density at radius 2 is 2.00 bits per heavy atom. The number of carbonyl (C=O) groups is 1. The van der Waals surface area contributed by atoms with E-state index in [1.165, 1.54) is 16.7 Å². The van der Waals surface area contributed by atoms with Gasteiger partial charge in [0.25, 0.3) is 0 Å². The van der Waals surface area contributed by atoms with Crippen LogP contribution in [0.3, 0.4) is 0 Å². The van der Waals surface area contributed by atoms with Crippen LogP contribution >= 0.6 is 0 Å². The van der Waals surface area contributed by atoms with Crippen LogP contribution in [0.2, 0.25) is 0 Å². The fraction of sp³-hybridized carbons (Fsp3) is 0.562. The molecule has 104 valence electrons. The zero-order chi connectivity index (χ0) is 13.9. The topological polar surface area (TPSA) is 41.1 Å². The van der Waals surface area contributed by atoms with Gasteiger partial charge in [-0.25, -0.2) is 0 Å². The maximum absolute atomic E-state index is 12.1. The largest absolute Gasteiger partial charge is 0.355 e. The van der Waals surface area contributed by atoms with Gasteiger partial charge in [0.15, 0.2) is 0 Å². The summed E-state index contributed by atoms with van der Waals surface area (Å²) in [6, 6.07) is 6.51. The highest BCUT2D eigenvalue weighted by molar-refractivity contribution is 5.85. The quantitative estimate of drug-likeness (QED) is 0.821. The molecule has 0 aliphatic heterocycles. The summed E-state index contributed by atoms with van der Waals surface area (Å²) in [5.41, 5.74) is 3.82. The molecule has 0 saturated heterocycles. The van der Waals surface area contributed by atoms with E-state index in [0.717, 1.165) is 32.4 Å². The van der Waals surface area contributed by atoms with Gasteiger partial charge < -0.3 is 10.6 Å². The molecule has 1 aromatic carbocycles. The molecule has 0 radical (unpaired) electrons. The maximum atomic E-state index is 12.1. The molecule has 1 fully saturated rings. The van der Waals surface area contributed by atoms with E-state index in [0.29, 0.717) is 0 Å². The molecule has 0 aromatic heterocycles. The molecular weight excluding hydrogens is 236 g/mol. The van der Waals surface area contributed by atoms with E-state index in [9.17, 15) is 4.79 Å². The molecule has 1 amide bonds. The normalized spacial score (nSPS) is 16.2. The van der Waals surface area contributed by atoms with Crippen molar-refractivity contribution < 1.29 is 4.79 Å². The number of rotatable bonds is 6. The Balaban J connectivity index is 1.80. The number of hydrogen-bond donors (Lipinski definition) is 2. The lowest BCUT2D eigenvalue weighted by molar-refractivity contribution is -0.126. The van der Waals surface area contributed by atoms with Crippen molar-refractivity contribution >= 4 is 5.91 Å². The lowest BCUT2D eigenvalue weighted by Crippen LogP contribution is -2.38. The molecule has 0 unspecified atom stereocenters. The van der Waals surface area contributed by atoms with E-state index in [4.69, 9.17) is 0 Å². The van der Waals surface area contributed by atoms with Crippen molar-refractivity contribution in [3.05, 3.63) is 34.9 Å². The van der Waals surface area contributed by atoms with Crippen LogP contribution in [-0.2, 0) is 11.2 Å². The highest BCUT2D eigenvalue weighted by Crippen LogP contribution is 2.45. The van der Waals surface area contributed by atoms with E-state index >= 15 is 0 Å². The van der Waals surface area contributed by atoms with Crippen LogP contribution in [0.25, 0.3) is 0 Å². The van der Waals surface area contributed by atoms with E-state index in [1.54, 1.807) is 0 Å². The third kappa shape index (κ3) is 3.35. The molecule has 1 saturated carbocycles. The van der Waals surface area contributed by atoms with Crippen LogP contribution in [0, 0.1) is 19.3 Å². The first kappa shape index (κ1) is 14.1. The van der Waals surface area contributed by atoms with E-state index < -0.39 is 0 Å². The van der Waals surface area contributed by atoms with Crippen molar-refractivity contribution in [2.45, 2.75) is 33.1 Å². The van der Waals surface area contributed by atoms with Crippen LogP contribution in [0.4, 0.5) is 0 Å². The van der Waals surface area contributed by atoms with Crippen molar-refractivity contribution in [1.29, 1.82) is 0 Å². The van der Waals surface area contributed by atoms with Gasteiger partial charge in [-0.2, -0.15) is 0 Å². The van der Waals surface area contributed by atoms with Crippen molar-refractivity contribution in [3.63, 3.8) is 0 Å². The third-order valence-corrected chi connectivity index (χ3v) is 4.12. The van der Waals surface area contributed by atoms with Crippen molar-refractivity contribution in [3.8, 4) is 0 Å². The molecule has 0 bridgehead atoms. The molecule has 19 heavy (non-hydrogen) atoms. The molecule has 1 aliphatic carbocycles. The van der Waals surface area contributed by atoms with Gasteiger partial charge in [0, 0.05) is 13.1 Å². The predicted molar refractivity (Wildman–Crippen MR) is 78.2 cm³/mol. The van der Waals surface area contributed by atoms with Gasteiger partial charge in [-0.1, -0.05) is 18.2 Å². The SMILES string of the molecule is CNCC1(C(=O)NCCc2ccc(C)c(C)c2)CC1. The summed E-state index contributed by atoms with van der Waals surface area (Å²) >= 11 is 0. The van der Waals surface area contributed by atoms with Gasteiger partial charge >= 0.3 is 0 Å². The number of hydrogen-bond acceptors (Lipinski definition) is 2. The number of nitrogens with one attached hydrogen (secondary N) is 2. The molecule has 1 aromatic rings. The fourth-order valence-corrected chi connectivity index (χ4v) is 2.44. The molecule has 2 N–H and O–H groups in total. The molecule has 0 atom stereocenters. The van der Waals surface area contributed by atoms with E-state index in [1.807, 2.05) is 7.05 Å². The maximum Gasteiger partial charge on any atom is 0.227 e. The average Bonchev–Trinajstić information content (AvgIpc) is 3.15. The summed E-state index contributed by atoms with van der Waals surface area (Å²) in [4.78, 5) is 12.1. The molecule has 0 heterocycles. The van der Waals surface area contributed by atoms with Gasteiger partial charge in [-0.15, -0.1) is 0 Å².